The molecule has 0 aromatic heterocycles. The maximum atomic E-state index is 13.1. The molecule has 0 saturated heterocycles. The van der Waals surface area contributed by atoms with Crippen molar-refractivity contribution in [3.63, 3.8) is 0 Å². The second-order valence-corrected chi connectivity index (χ2v) is 2.94. The first-order chi connectivity index (χ1) is 6.56. The number of aromatic hydroxyl groups is 1. The van der Waals surface area contributed by atoms with Gasteiger partial charge < -0.3 is 15.9 Å². The first-order valence-electron chi connectivity index (χ1n) is 4.10. The summed E-state index contributed by atoms with van der Waals surface area (Å²) >= 11 is 0. The molecule has 78 valence electrons. The lowest BCUT2D eigenvalue weighted by atomic mass is 10.0. The van der Waals surface area contributed by atoms with Crippen LogP contribution in [0.2, 0.25) is 0 Å². The predicted octanol–water partition coefficient (Wildman–Crippen LogP) is 1.05. The van der Waals surface area contributed by atoms with Crippen molar-refractivity contribution in [1.82, 2.24) is 0 Å². The van der Waals surface area contributed by atoms with Crippen LogP contribution in [0.1, 0.15) is 18.0 Å². The summed E-state index contributed by atoms with van der Waals surface area (Å²) in [5, 5.41) is 17.4. The molecule has 0 aliphatic carbocycles. The van der Waals surface area contributed by atoms with Gasteiger partial charge in [-0.1, -0.05) is 0 Å². The van der Waals surface area contributed by atoms with Crippen LogP contribution in [-0.4, -0.2) is 16.8 Å². The molecule has 0 fully saturated rings. The fraction of sp³-hybridized carbons (Fsp3) is 0.333. The number of aliphatic hydroxyl groups is 1. The van der Waals surface area contributed by atoms with Gasteiger partial charge in [0.15, 0.2) is 11.6 Å². The van der Waals surface area contributed by atoms with Crippen LogP contribution in [-0.2, 0) is 0 Å². The van der Waals surface area contributed by atoms with E-state index in [2.05, 4.69) is 0 Å². The molecule has 5 heteroatoms. The molecule has 0 saturated carbocycles. The third-order valence-corrected chi connectivity index (χ3v) is 1.91. The van der Waals surface area contributed by atoms with Crippen LogP contribution in [0.4, 0.5) is 8.78 Å². The summed E-state index contributed by atoms with van der Waals surface area (Å²) < 4.78 is 25.9. The molecule has 1 aromatic rings. The van der Waals surface area contributed by atoms with Crippen LogP contribution >= 0.6 is 0 Å². The molecule has 1 rings (SSSR count). The van der Waals surface area contributed by atoms with E-state index in [4.69, 9.17) is 15.9 Å². The Balaban J connectivity index is 3.02. The van der Waals surface area contributed by atoms with E-state index in [-0.39, 0.29) is 18.6 Å². The molecule has 0 aliphatic heterocycles. The molecule has 0 spiro atoms. The van der Waals surface area contributed by atoms with Crippen molar-refractivity contribution in [2.45, 2.75) is 12.5 Å². The Morgan fingerprint density at radius 1 is 1.29 bits per heavy atom. The van der Waals surface area contributed by atoms with Crippen molar-refractivity contribution in [3.8, 4) is 5.75 Å². The molecule has 14 heavy (non-hydrogen) atoms. The number of hydrogen-bond donors (Lipinski definition) is 3. The SMILES string of the molecule is NC(CCO)c1cc(F)c(O)cc1F. The van der Waals surface area contributed by atoms with Gasteiger partial charge in [0.2, 0.25) is 0 Å². The van der Waals surface area contributed by atoms with Crippen LogP contribution < -0.4 is 5.73 Å². The van der Waals surface area contributed by atoms with Gasteiger partial charge in [-0.25, -0.2) is 8.78 Å². The highest BCUT2D eigenvalue weighted by Gasteiger charge is 2.14. The second-order valence-electron chi connectivity index (χ2n) is 2.94. The van der Waals surface area contributed by atoms with Gasteiger partial charge in [-0.3, -0.25) is 0 Å². The number of aliphatic hydroxyl groups excluding tert-OH is 1. The largest absolute Gasteiger partial charge is 0.505 e. The molecule has 1 atom stereocenters. The Morgan fingerprint density at radius 2 is 1.93 bits per heavy atom. The van der Waals surface area contributed by atoms with Crippen LogP contribution in [0.25, 0.3) is 0 Å². The maximum absolute atomic E-state index is 13.1. The summed E-state index contributed by atoms with van der Waals surface area (Å²) in [6, 6.07) is 0.738. The topological polar surface area (TPSA) is 66.5 Å². The van der Waals surface area contributed by atoms with E-state index in [1.54, 1.807) is 0 Å². The molecule has 0 bridgehead atoms. The minimum atomic E-state index is -0.921. The zero-order valence-corrected chi connectivity index (χ0v) is 7.37. The number of halogens is 2. The smallest absolute Gasteiger partial charge is 0.165 e. The standard InChI is InChI=1S/C9H11F2NO2/c10-6-4-9(14)7(11)3-5(6)8(12)1-2-13/h3-4,8,13-14H,1-2,12H2. The molecule has 1 aromatic carbocycles. The van der Waals surface area contributed by atoms with Crippen molar-refractivity contribution >= 4 is 0 Å². The van der Waals surface area contributed by atoms with Crippen molar-refractivity contribution in [3.05, 3.63) is 29.3 Å². The van der Waals surface area contributed by atoms with E-state index < -0.39 is 23.4 Å². The third-order valence-electron chi connectivity index (χ3n) is 1.91. The van der Waals surface area contributed by atoms with E-state index >= 15 is 0 Å². The first kappa shape index (κ1) is 10.9. The summed E-state index contributed by atoms with van der Waals surface area (Å²) in [5.74, 6) is -2.44. The van der Waals surface area contributed by atoms with Gasteiger partial charge in [0.25, 0.3) is 0 Å². The lowest BCUT2D eigenvalue weighted by Crippen LogP contribution is -2.14. The van der Waals surface area contributed by atoms with Gasteiger partial charge in [-0.05, 0) is 12.5 Å². The number of rotatable bonds is 3. The van der Waals surface area contributed by atoms with Crippen LogP contribution in [0.3, 0.4) is 0 Å². The third kappa shape index (κ3) is 2.18. The van der Waals surface area contributed by atoms with E-state index in [9.17, 15) is 8.78 Å². The number of phenolic OH excluding ortho intramolecular Hbond substituents is 1. The average Bonchev–Trinajstić information content (AvgIpc) is 2.11. The summed E-state index contributed by atoms with van der Waals surface area (Å²) in [7, 11) is 0. The molecule has 3 nitrogen and oxygen atoms in total. The van der Waals surface area contributed by atoms with Gasteiger partial charge in [-0.15, -0.1) is 0 Å². The van der Waals surface area contributed by atoms with E-state index in [0.29, 0.717) is 6.07 Å². The fourth-order valence-electron chi connectivity index (χ4n) is 1.13. The Morgan fingerprint density at radius 3 is 2.50 bits per heavy atom. The summed E-state index contributed by atoms with van der Waals surface area (Å²) in [4.78, 5) is 0. The highest BCUT2D eigenvalue weighted by molar-refractivity contribution is 5.31. The molecular weight excluding hydrogens is 192 g/mol. The van der Waals surface area contributed by atoms with E-state index in [1.165, 1.54) is 0 Å². The van der Waals surface area contributed by atoms with Gasteiger partial charge in [0, 0.05) is 24.3 Å². The first-order valence-corrected chi connectivity index (χ1v) is 4.10. The second kappa shape index (κ2) is 4.34. The summed E-state index contributed by atoms with van der Waals surface area (Å²) in [6.07, 6.45) is 0.140. The molecule has 1 unspecified atom stereocenters. The predicted molar refractivity (Wildman–Crippen MR) is 46.7 cm³/mol. The van der Waals surface area contributed by atoms with Crippen molar-refractivity contribution < 1.29 is 19.0 Å². The van der Waals surface area contributed by atoms with Crippen molar-refractivity contribution in [2.24, 2.45) is 5.73 Å². The lowest BCUT2D eigenvalue weighted by molar-refractivity contribution is 0.275. The van der Waals surface area contributed by atoms with E-state index in [1.807, 2.05) is 0 Å². The molecule has 4 N–H and O–H groups in total. The van der Waals surface area contributed by atoms with Gasteiger partial charge in [0.05, 0.1) is 0 Å². The van der Waals surface area contributed by atoms with Crippen LogP contribution in [0.5, 0.6) is 5.75 Å². The number of nitrogens with two attached hydrogens (primary N) is 1. The minimum absolute atomic E-state index is 0.0469. The number of hydrogen-bond acceptors (Lipinski definition) is 3. The minimum Gasteiger partial charge on any atom is -0.505 e. The number of benzene rings is 1. The zero-order chi connectivity index (χ0) is 10.7. The molecular formula is C9H11F2NO2. The highest BCUT2D eigenvalue weighted by atomic mass is 19.1. The van der Waals surface area contributed by atoms with Crippen LogP contribution in [0, 0.1) is 11.6 Å². The van der Waals surface area contributed by atoms with Crippen molar-refractivity contribution in [1.29, 1.82) is 0 Å². The summed E-state index contributed by atoms with van der Waals surface area (Å²) in [6.45, 7) is -0.205. The van der Waals surface area contributed by atoms with Gasteiger partial charge >= 0.3 is 0 Å². The molecule has 0 aliphatic rings. The maximum Gasteiger partial charge on any atom is 0.165 e. The Kier molecular flexibility index (Phi) is 3.38. The Hall–Kier alpha value is -1.20. The van der Waals surface area contributed by atoms with Gasteiger partial charge in [0.1, 0.15) is 5.82 Å². The van der Waals surface area contributed by atoms with E-state index in [0.717, 1.165) is 6.07 Å². The van der Waals surface area contributed by atoms with Crippen molar-refractivity contribution in [2.75, 3.05) is 6.61 Å². The summed E-state index contributed by atoms with van der Waals surface area (Å²) in [5.41, 5.74) is 5.43. The quantitative estimate of drug-likeness (QED) is 0.688. The molecule has 0 radical (unpaired) electrons. The Bertz CT molecular complexity index is 331. The van der Waals surface area contributed by atoms with Gasteiger partial charge in [-0.2, -0.15) is 0 Å². The molecule has 0 heterocycles. The average molecular weight is 203 g/mol. The van der Waals surface area contributed by atoms with Crippen LogP contribution in [0.15, 0.2) is 12.1 Å². The lowest BCUT2D eigenvalue weighted by Gasteiger charge is -2.11. The zero-order valence-electron chi connectivity index (χ0n) is 7.37. The normalized spacial score (nSPS) is 12.9. The Labute approximate surface area is 79.8 Å². The fourth-order valence-corrected chi connectivity index (χ4v) is 1.13. The highest BCUT2D eigenvalue weighted by Crippen LogP contribution is 2.24. The monoisotopic (exact) mass is 203 g/mol. The number of phenols is 1. The molecule has 0 amide bonds.